The number of anilines is 1. The van der Waals surface area contributed by atoms with Crippen molar-refractivity contribution in [1.82, 2.24) is 14.8 Å². The van der Waals surface area contributed by atoms with E-state index >= 15 is 0 Å². The van der Waals surface area contributed by atoms with Crippen molar-refractivity contribution < 1.29 is 9.82 Å². The number of aryl methyl sites for hydroxylation is 1. The summed E-state index contributed by atoms with van der Waals surface area (Å²) in [6.07, 6.45) is 1.58. The van der Waals surface area contributed by atoms with E-state index in [2.05, 4.69) is 22.1 Å². The van der Waals surface area contributed by atoms with Crippen molar-refractivity contribution in [3.8, 4) is 0 Å². The van der Waals surface area contributed by atoms with Crippen LogP contribution in [0.2, 0.25) is 0 Å². The summed E-state index contributed by atoms with van der Waals surface area (Å²) in [6.45, 7) is 4.06. The number of nitrogens with one attached hydrogen (secondary N) is 1. The molecular weight excluding hydrogens is 316 g/mol. The van der Waals surface area contributed by atoms with E-state index in [-0.39, 0.29) is 10.6 Å². The lowest BCUT2D eigenvalue weighted by Crippen LogP contribution is -3.12. The van der Waals surface area contributed by atoms with Crippen molar-refractivity contribution >= 4 is 23.1 Å². The first-order chi connectivity index (χ1) is 11.0. The van der Waals surface area contributed by atoms with Crippen LogP contribution >= 0.6 is 11.8 Å². The molecule has 0 radical (unpaired) electrons. The molecule has 0 aliphatic carbocycles. The molecule has 0 amide bonds. The molecule has 0 saturated carbocycles. The average Bonchev–Trinajstić information content (AvgIpc) is 2.93. The van der Waals surface area contributed by atoms with Crippen molar-refractivity contribution in [1.29, 1.82) is 0 Å². The number of hydrogen-bond donors (Lipinski definition) is 1. The minimum Gasteiger partial charge on any atom is -0.360 e. The van der Waals surface area contributed by atoms with Crippen LogP contribution in [0.3, 0.4) is 0 Å². The Labute approximate surface area is 138 Å². The summed E-state index contributed by atoms with van der Waals surface area (Å²) in [6, 6.07) is 5.30. The Kier molecular flexibility index (Phi) is 4.49. The largest absolute Gasteiger partial charge is 0.360 e. The molecule has 122 valence electrons. The highest BCUT2D eigenvalue weighted by Gasteiger charge is 2.22. The Balaban J connectivity index is 1.90. The number of nitro benzene ring substituents is 1. The van der Waals surface area contributed by atoms with Crippen LogP contribution in [0.1, 0.15) is 0 Å². The smallest absolute Gasteiger partial charge is 0.283 e. The van der Waals surface area contributed by atoms with E-state index in [4.69, 9.17) is 0 Å². The molecule has 1 fully saturated rings. The van der Waals surface area contributed by atoms with Gasteiger partial charge in [-0.1, -0.05) is 0 Å². The molecule has 2 heterocycles. The Bertz CT molecular complexity index is 711. The molecule has 1 N–H and O–H groups in total. The number of rotatable bonds is 4. The second kappa shape index (κ2) is 6.55. The van der Waals surface area contributed by atoms with E-state index in [1.807, 2.05) is 19.2 Å². The number of benzene rings is 1. The number of quaternary nitrogens is 1. The first kappa shape index (κ1) is 15.8. The lowest BCUT2D eigenvalue weighted by Gasteiger charge is -2.31. The predicted octanol–water partition coefficient (Wildman–Crippen LogP) is 0.209. The summed E-state index contributed by atoms with van der Waals surface area (Å²) in [5.74, 6) is 0. The van der Waals surface area contributed by atoms with Crippen LogP contribution in [0.4, 0.5) is 11.4 Å². The number of nitro groups is 1. The average molecular weight is 335 g/mol. The Hall–Kier alpha value is -2.13. The van der Waals surface area contributed by atoms with E-state index in [9.17, 15) is 10.1 Å². The van der Waals surface area contributed by atoms with Crippen LogP contribution in [-0.4, -0.2) is 52.9 Å². The quantitative estimate of drug-likeness (QED) is 0.635. The summed E-state index contributed by atoms with van der Waals surface area (Å²) >= 11 is 1.27. The molecule has 9 heteroatoms. The molecule has 0 bridgehead atoms. The first-order valence-corrected chi connectivity index (χ1v) is 8.23. The standard InChI is InChI=1S/C14H18N6O2S/c1-17-5-7-19(8-6-17)11-3-4-12(20(21)22)13(9-11)23-14-16-15-10-18(14)2/h3-4,9-10H,5-8H2,1-2H3/p+1. The molecule has 1 saturated heterocycles. The molecule has 1 aliphatic heterocycles. The molecule has 8 nitrogen and oxygen atoms in total. The van der Waals surface area contributed by atoms with Gasteiger partial charge in [0.05, 0.1) is 43.0 Å². The molecule has 0 unspecified atom stereocenters. The van der Waals surface area contributed by atoms with Crippen LogP contribution < -0.4 is 9.80 Å². The molecule has 1 aliphatic rings. The van der Waals surface area contributed by atoms with E-state index in [1.165, 1.54) is 16.7 Å². The second-order valence-corrected chi connectivity index (χ2v) is 6.69. The number of nitrogens with zero attached hydrogens (tertiary/aromatic N) is 5. The van der Waals surface area contributed by atoms with Crippen molar-refractivity contribution in [2.45, 2.75) is 10.1 Å². The third kappa shape index (κ3) is 3.45. The highest BCUT2D eigenvalue weighted by atomic mass is 32.2. The number of piperazine rings is 1. The summed E-state index contributed by atoms with van der Waals surface area (Å²) in [7, 11) is 4.00. The monoisotopic (exact) mass is 335 g/mol. The minimum absolute atomic E-state index is 0.0986. The van der Waals surface area contributed by atoms with Gasteiger partial charge in [-0.25, -0.2) is 0 Å². The van der Waals surface area contributed by atoms with E-state index < -0.39 is 0 Å². The Morgan fingerprint density at radius 3 is 2.70 bits per heavy atom. The predicted molar refractivity (Wildman–Crippen MR) is 87.1 cm³/mol. The van der Waals surface area contributed by atoms with Gasteiger partial charge in [-0.2, -0.15) is 0 Å². The number of hydrogen-bond acceptors (Lipinski definition) is 6. The van der Waals surface area contributed by atoms with Crippen LogP contribution in [0, 0.1) is 10.1 Å². The van der Waals surface area contributed by atoms with Crippen LogP contribution in [0.25, 0.3) is 0 Å². The van der Waals surface area contributed by atoms with Crippen molar-refractivity contribution in [3.05, 3.63) is 34.6 Å². The van der Waals surface area contributed by atoms with Crippen molar-refractivity contribution in [3.63, 3.8) is 0 Å². The van der Waals surface area contributed by atoms with Gasteiger partial charge in [0, 0.05) is 18.8 Å². The van der Waals surface area contributed by atoms with Crippen molar-refractivity contribution in [2.75, 3.05) is 38.1 Å². The highest BCUT2D eigenvalue weighted by molar-refractivity contribution is 7.99. The molecule has 0 atom stereocenters. The molecule has 0 spiro atoms. The number of likely N-dealkylation sites (N-methyl/N-ethyl adjacent to an activating group) is 1. The fourth-order valence-corrected chi connectivity index (χ4v) is 3.44. The Morgan fingerprint density at radius 2 is 2.09 bits per heavy atom. The van der Waals surface area contributed by atoms with Gasteiger partial charge in [-0.3, -0.25) is 10.1 Å². The highest BCUT2D eigenvalue weighted by Crippen LogP contribution is 2.36. The third-order valence-corrected chi connectivity index (χ3v) is 5.09. The topological polar surface area (TPSA) is 81.5 Å². The van der Waals surface area contributed by atoms with Gasteiger partial charge in [-0.05, 0) is 23.9 Å². The van der Waals surface area contributed by atoms with Gasteiger partial charge in [0.25, 0.3) is 5.69 Å². The fourth-order valence-electron chi connectivity index (χ4n) is 2.54. The van der Waals surface area contributed by atoms with Gasteiger partial charge in [0.2, 0.25) is 0 Å². The van der Waals surface area contributed by atoms with Gasteiger partial charge in [0.15, 0.2) is 5.16 Å². The zero-order valence-electron chi connectivity index (χ0n) is 13.1. The van der Waals surface area contributed by atoms with E-state index in [1.54, 1.807) is 17.0 Å². The van der Waals surface area contributed by atoms with Crippen LogP contribution in [0.5, 0.6) is 0 Å². The fraction of sp³-hybridized carbons (Fsp3) is 0.429. The van der Waals surface area contributed by atoms with Gasteiger partial charge in [-0.15, -0.1) is 10.2 Å². The molecule has 3 rings (SSSR count). The molecular formula is C14H19N6O2S+. The number of aromatic nitrogens is 3. The Morgan fingerprint density at radius 1 is 1.35 bits per heavy atom. The minimum atomic E-state index is -0.351. The molecule has 2 aromatic rings. The lowest BCUT2D eigenvalue weighted by molar-refractivity contribution is -0.880. The maximum Gasteiger partial charge on any atom is 0.283 e. The normalized spacial score (nSPS) is 15.8. The molecule has 23 heavy (non-hydrogen) atoms. The lowest BCUT2D eigenvalue weighted by atomic mass is 10.2. The third-order valence-electron chi connectivity index (χ3n) is 3.99. The maximum absolute atomic E-state index is 11.3. The summed E-state index contributed by atoms with van der Waals surface area (Å²) in [5.41, 5.74) is 1.12. The zero-order valence-corrected chi connectivity index (χ0v) is 13.9. The molecule has 1 aromatic heterocycles. The van der Waals surface area contributed by atoms with E-state index in [0.717, 1.165) is 31.9 Å². The summed E-state index contributed by atoms with van der Waals surface area (Å²) in [4.78, 5) is 15.3. The first-order valence-electron chi connectivity index (χ1n) is 7.41. The van der Waals surface area contributed by atoms with Gasteiger partial charge < -0.3 is 14.4 Å². The maximum atomic E-state index is 11.3. The zero-order chi connectivity index (χ0) is 16.4. The van der Waals surface area contributed by atoms with E-state index in [0.29, 0.717) is 10.1 Å². The summed E-state index contributed by atoms with van der Waals surface area (Å²) in [5, 5.41) is 19.8. The summed E-state index contributed by atoms with van der Waals surface area (Å²) < 4.78 is 1.75. The van der Waals surface area contributed by atoms with Crippen LogP contribution in [-0.2, 0) is 7.05 Å². The van der Waals surface area contributed by atoms with Gasteiger partial charge >= 0.3 is 0 Å². The van der Waals surface area contributed by atoms with Crippen molar-refractivity contribution in [2.24, 2.45) is 7.05 Å². The molecule has 1 aromatic carbocycles. The van der Waals surface area contributed by atoms with Crippen LogP contribution in [0.15, 0.2) is 34.6 Å². The van der Waals surface area contributed by atoms with Gasteiger partial charge in [0.1, 0.15) is 6.33 Å². The second-order valence-electron chi connectivity index (χ2n) is 5.68. The SMILES string of the molecule is Cn1cnnc1Sc1cc(N2CC[NH+](C)CC2)ccc1[N+](=O)[O-].